The van der Waals surface area contributed by atoms with Crippen molar-refractivity contribution in [3.63, 3.8) is 0 Å². The normalized spacial score (nSPS) is 10.3. The fraction of sp³-hybridized carbons (Fsp3) is 0.316. The van der Waals surface area contributed by atoms with Gasteiger partial charge in [-0.3, -0.25) is 4.79 Å². The molecule has 0 aliphatic rings. The molecule has 0 aliphatic heterocycles. The third kappa shape index (κ3) is 4.49. The van der Waals surface area contributed by atoms with E-state index in [0.29, 0.717) is 24.5 Å². The maximum absolute atomic E-state index is 12.4. The van der Waals surface area contributed by atoms with E-state index in [1.165, 1.54) is 5.56 Å². The summed E-state index contributed by atoms with van der Waals surface area (Å²) in [6.07, 6.45) is 0.336. The number of methoxy groups -OCH3 is 2. The van der Waals surface area contributed by atoms with E-state index in [2.05, 4.69) is 31.2 Å². The highest BCUT2D eigenvalue weighted by Gasteiger charge is 2.12. The molecule has 0 radical (unpaired) electrons. The van der Waals surface area contributed by atoms with Crippen LogP contribution in [0.2, 0.25) is 0 Å². The number of hydrogen-bond donors (Lipinski definition) is 0. The summed E-state index contributed by atoms with van der Waals surface area (Å²) in [5.41, 5.74) is 3.25. The van der Waals surface area contributed by atoms with Crippen LogP contribution in [-0.2, 0) is 17.8 Å². The highest BCUT2D eigenvalue weighted by molar-refractivity contribution is 5.78. The monoisotopic (exact) mass is 313 g/mol. The van der Waals surface area contributed by atoms with E-state index in [0.717, 1.165) is 11.1 Å². The molecule has 0 bridgehead atoms. The zero-order valence-electron chi connectivity index (χ0n) is 14.1. The number of carbonyl (C=O) groups excluding carboxylic acids is 1. The van der Waals surface area contributed by atoms with Crippen molar-refractivity contribution in [1.29, 1.82) is 0 Å². The Balaban J connectivity index is 2.01. The summed E-state index contributed by atoms with van der Waals surface area (Å²) in [5, 5.41) is 0. The van der Waals surface area contributed by atoms with Gasteiger partial charge in [0.05, 0.1) is 20.6 Å². The van der Waals surface area contributed by atoms with Crippen LogP contribution in [-0.4, -0.2) is 32.1 Å². The number of rotatable bonds is 6. The molecule has 0 aromatic heterocycles. The van der Waals surface area contributed by atoms with Gasteiger partial charge in [-0.05, 0) is 30.2 Å². The van der Waals surface area contributed by atoms with Crippen molar-refractivity contribution in [2.24, 2.45) is 0 Å². The van der Waals surface area contributed by atoms with E-state index < -0.39 is 0 Å². The molecule has 122 valence electrons. The number of amides is 1. The molecule has 0 unspecified atom stereocenters. The number of ether oxygens (including phenoxy) is 2. The summed E-state index contributed by atoms with van der Waals surface area (Å²) < 4.78 is 10.5. The van der Waals surface area contributed by atoms with E-state index in [9.17, 15) is 4.79 Å². The molecule has 0 fully saturated rings. The van der Waals surface area contributed by atoms with Crippen molar-refractivity contribution in [2.45, 2.75) is 19.9 Å². The van der Waals surface area contributed by atoms with Gasteiger partial charge in [0.25, 0.3) is 0 Å². The maximum Gasteiger partial charge on any atom is 0.227 e. The zero-order chi connectivity index (χ0) is 16.8. The van der Waals surface area contributed by atoms with Crippen LogP contribution in [0.5, 0.6) is 11.5 Å². The lowest BCUT2D eigenvalue weighted by molar-refractivity contribution is -0.129. The van der Waals surface area contributed by atoms with Crippen LogP contribution in [0, 0.1) is 6.92 Å². The van der Waals surface area contributed by atoms with Gasteiger partial charge in [0.15, 0.2) is 11.5 Å². The Morgan fingerprint density at radius 3 is 2.17 bits per heavy atom. The molecule has 1 amide bonds. The lowest BCUT2D eigenvalue weighted by Gasteiger charge is -2.18. The lowest BCUT2D eigenvalue weighted by Crippen LogP contribution is -2.27. The molecule has 0 N–H and O–H groups in total. The Labute approximate surface area is 137 Å². The molecule has 2 aromatic rings. The first-order valence-electron chi connectivity index (χ1n) is 7.54. The Morgan fingerprint density at radius 1 is 0.957 bits per heavy atom. The van der Waals surface area contributed by atoms with E-state index >= 15 is 0 Å². The first-order chi connectivity index (χ1) is 11.0. The molecule has 2 aromatic carbocycles. The summed E-state index contributed by atoms with van der Waals surface area (Å²) in [6.45, 7) is 2.65. The van der Waals surface area contributed by atoms with Gasteiger partial charge in [-0.2, -0.15) is 0 Å². The molecular formula is C19H23NO3. The average Bonchev–Trinajstić information content (AvgIpc) is 2.56. The molecule has 0 spiro atoms. The largest absolute Gasteiger partial charge is 0.493 e. The molecule has 0 aliphatic carbocycles. The van der Waals surface area contributed by atoms with E-state index in [-0.39, 0.29) is 5.91 Å². The van der Waals surface area contributed by atoms with E-state index in [1.54, 1.807) is 19.1 Å². The zero-order valence-corrected chi connectivity index (χ0v) is 14.1. The van der Waals surface area contributed by atoms with Gasteiger partial charge >= 0.3 is 0 Å². The standard InChI is InChI=1S/C19H23NO3/c1-14-5-7-15(8-6-14)13-20(2)19(21)12-16-9-10-17(22-3)18(11-16)23-4/h5-11H,12-13H2,1-4H3. The number of carbonyl (C=O) groups is 1. The van der Waals surface area contributed by atoms with Crippen LogP contribution in [0.3, 0.4) is 0 Å². The van der Waals surface area contributed by atoms with Crippen LogP contribution >= 0.6 is 0 Å². The Morgan fingerprint density at radius 2 is 1.57 bits per heavy atom. The van der Waals surface area contributed by atoms with Crippen molar-refractivity contribution in [2.75, 3.05) is 21.3 Å². The summed E-state index contributed by atoms with van der Waals surface area (Å²) >= 11 is 0. The number of likely N-dealkylation sites (N-methyl/N-ethyl adjacent to an activating group) is 1. The predicted molar refractivity (Wildman–Crippen MR) is 90.9 cm³/mol. The molecule has 2 rings (SSSR count). The van der Waals surface area contributed by atoms with Gasteiger partial charge in [-0.1, -0.05) is 35.9 Å². The minimum atomic E-state index is 0.0674. The quantitative estimate of drug-likeness (QED) is 0.822. The fourth-order valence-electron chi connectivity index (χ4n) is 2.36. The first-order valence-corrected chi connectivity index (χ1v) is 7.54. The van der Waals surface area contributed by atoms with E-state index in [4.69, 9.17) is 9.47 Å². The van der Waals surface area contributed by atoms with Crippen molar-refractivity contribution >= 4 is 5.91 Å². The van der Waals surface area contributed by atoms with Crippen LogP contribution in [0.4, 0.5) is 0 Å². The number of aryl methyl sites for hydroxylation is 1. The third-order valence-electron chi connectivity index (χ3n) is 3.77. The Kier molecular flexibility index (Phi) is 5.63. The van der Waals surface area contributed by atoms with Gasteiger partial charge in [-0.25, -0.2) is 0 Å². The predicted octanol–water partition coefficient (Wildman–Crippen LogP) is 3.21. The second-order valence-corrected chi connectivity index (χ2v) is 5.60. The molecule has 0 saturated heterocycles. The highest BCUT2D eigenvalue weighted by atomic mass is 16.5. The van der Waals surface area contributed by atoms with Crippen LogP contribution in [0.1, 0.15) is 16.7 Å². The minimum Gasteiger partial charge on any atom is -0.493 e. The highest BCUT2D eigenvalue weighted by Crippen LogP contribution is 2.27. The molecular weight excluding hydrogens is 290 g/mol. The molecule has 0 heterocycles. The van der Waals surface area contributed by atoms with Crippen molar-refractivity contribution in [3.05, 3.63) is 59.2 Å². The summed E-state index contributed by atoms with van der Waals surface area (Å²) in [4.78, 5) is 14.1. The third-order valence-corrected chi connectivity index (χ3v) is 3.77. The van der Waals surface area contributed by atoms with Gasteiger partial charge < -0.3 is 14.4 Å². The fourth-order valence-corrected chi connectivity index (χ4v) is 2.36. The summed E-state index contributed by atoms with van der Waals surface area (Å²) in [5.74, 6) is 1.37. The summed E-state index contributed by atoms with van der Waals surface area (Å²) in [6, 6.07) is 13.8. The number of benzene rings is 2. The second-order valence-electron chi connectivity index (χ2n) is 5.60. The number of hydrogen-bond acceptors (Lipinski definition) is 3. The average molecular weight is 313 g/mol. The van der Waals surface area contributed by atoms with Crippen molar-refractivity contribution < 1.29 is 14.3 Å². The second kappa shape index (κ2) is 7.68. The molecule has 0 saturated carbocycles. The Bertz CT molecular complexity index is 665. The molecule has 4 heteroatoms. The van der Waals surface area contributed by atoms with Gasteiger partial charge in [0.2, 0.25) is 5.91 Å². The van der Waals surface area contributed by atoms with Crippen molar-refractivity contribution in [3.8, 4) is 11.5 Å². The maximum atomic E-state index is 12.4. The Hall–Kier alpha value is -2.49. The van der Waals surface area contributed by atoms with Crippen molar-refractivity contribution in [1.82, 2.24) is 4.90 Å². The van der Waals surface area contributed by atoms with Gasteiger partial charge in [0, 0.05) is 13.6 Å². The van der Waals surface area contributed by atoms with Crippen LogP contribution in [0.25, 0.3) is 0 Å². The molecule has 4 nitrogen and oxygen atoms in total. The SMILES string of the molecule is COc1ccc(CC(=O)N(C)Cc2ccc(C)cc2)cc1OC. The topological polar surface area (TPSA) is 38.8 Å². The molecule has 23 heavy (non-hydrogen) atoms. The molecule has 0 atom stereocenters. The van der Waals surface area contributed by atoms with E-state index in [1.807, 2.05) is 25.2 Å². The first kappa shape index (κ1) is 16.9. The minimum absolute atomic E-state index is 0.0674. The lowest BCUT2D eigenvalue weighted by atomic mass is 10.1. The van der Waals surface area contributed by atoms with Crippen LogP contribution < -0.4 is 9.47 Å². The van der Waals surface area contributed by atoms with Gasteiger partial charge in [0.1, 0.15) is 0 Å². The summed E-state index contributed by atoms with van der Waals surface area (Å²) in [7, 11) is 5.01. The number of nitrogens with zero attached hydrogens (tertiary/aromatic N) is 1. The van der Waals surface area contributed by atoms with Gasteiger partial charge in [-0.15, -0.1) is 0 Å². The van der Waals surface area contributed by atoms with Crippen LogP contribution in [0.15, 0.2) is 42.5 Å². The smallest absolute Gasteiger partial charge is 0.227 e.